The Morgan fingerprint density at radius 1 is 1.00 bits per heavy atom. The average Bonchev–Trinajstić information content (AvgIpc) is 2.83. The van der Waals surface area contributed by atoms with Gasteiger partial charge in [0.1, 0.15) is 18.1 Å². The van der Waals surface area contributed by atoms with Gasteiger partial charge in [0.25, 0.3) is 5.91 Å². The molecule has 35 heavy (non-hydrogen) atoms. The van der Waals surface area contributed by atoms with Gasteiger partial charge in [-0.2, -0.15) is 5.10 Å². The Morgan fingerprint density at radius 2 is 1.69 bits per heavy atom. The number of nitrogens with zero attached hydrogens (tertiary/aromatic N) is 1. The monoisotopic (exact) mass is 634 g/mol. The largest absolute Gasteiger partial charge is 0.496 e. The van der Waals surface area contributed by atoms with Crippen LogP contribution in [-0.2, 0) is 6.61 Å². The molecule has 0 spiro atoms. The molecule has 1 amide bonds. The predicted molar refractivity (Wildman–Crippen MR) is 148 cm³/mol. The number of rotatable bonds is 7. The maximum atomic E-state index is 12.8. The number of hydrazone groups is 1. The molecule has 0 atom stereocenters. The number of amides is 1. The van der Waals surface area contributed by atoms with E-state index in [1.807, 2.05) is 48.5 Å². The molecule has 1 N–H and O–H groups in total. The molecule has 178 valence electrons. The van der Waals surface area contributed by atoms with E-state index in [1.165, 1.54) is 7.11 Å². The van der Waals surface area contributed by atoms with Crippen molar-refractivity contribution < 1.29 is 14.3 Å². The quantitative estimate of drug-likeness (QED) is 0.165. The number of benzene rings is 4. The van der Waals surface area contributed by atoms with Crippen LogP contribution in [0.25, 0.3) is 10.8 Å². The van der Waals surface area contributed by atoms with Crippen LogP contribution in [0.1, 0.15) is 21.5 Å². The van der Waals surface area contributed by atoms with Crippen molar-refractivity contribution in [3.8, 4) is 11.5 Å². The maximum Gasteiger partial charge on any atom is 0.275 e. The van der Waals surface area contributed by atoms with Gasteiger partial charge in [-0.25, -0.2) is 5.43 Å². The maximum absolute atomic E-state index is 12.8. The molecular formula is C26H18Br2Cl2N2O3. The van der Waals surface area contributed by atoms with Crippen LogP contribution < -0.4 is 14.9 Å². The fourth-order valence-electron chi connectivity index (χ4n) is 3.37. The summed E-state index contributed by atoms with van der Waals surface area (Å²) in [7, 11) is 1.53. The SMILES string of the molecule is COc1cc2ccccc2cc1C(=O)N/N=C\c1cc(Br)c(OCc2ccc(Cl)cc2Cl)c(Br)c1. The van der Waals surface area contributed by atoms with Crippen molar-refractivity contribution >= 4 is 78.0 Å². The van der Waals surface area contributed by atoms with Gasteiger partial charge >= 0.3 is 0 Å². The first-order chi connectivity index (χ1) is 16.9. The Morgan fingerprint density at radius 3 is 2.34 bits per heavy atom. The minimum atomic E-state index is -0.373. The highest BCUT2D eigenvalue weighted by Gasteiger charge is 2.14. The van der Waals surface area contributed by atoms with Crippen molar-refractivity contribution in [2.24, 2.45) is 5.10 Å². The number of carbonyl (C=O) groups excluding carboxylic acids is 1. The van der Waals surface area contributed by atoms with Crippen LogP contribution in [0.3, 0.4) is 0 Å². The van der Waals surface area contributed by atoms with Gasteiger partial charge in [0.2, 0.25) is 0 Å². The number of carbonyl (C=O) groups is 1. The number of ether oxygens (including phenoxy) is 2. The first-order valence-corrected chi connectivity index (χ1v) is 12.7. The Bertz CT molecular complexity index is 1420. The predicted octanol–water partition coefficient (Wildman–Crippen LogP) is 8.02. The fourth-order valence-corrected chi connectivity index (χ4v) is 5.29. The third-order valence-corrected chi connectivity index (χ3v) is 6.86. The molecule has 0 fully saturated rings. The molecule has 0 heterocycles. The molecule has 0 radical (unpaired) electrons. The van der Waals surface area contributed by atoms with E-state index in [2.05, 4.69) is 42.4 Å². The molecule has 4 aromatic carbocycles. The van der Waals surface area contributed by atoms with Crippen LogP contribution in [0.5, 0.6) is 11.5 Å². The number of hydrogen-bond acceptors (Lipinski definition) is 4. The molecule has 0 aliphatic rings. The normalized spacial score (nSPS) is 11.1. The number of hydrogen-bond donors (Lipinski definition) is 1. The van der Waals surface area contributed by atoms with Crippen molar-refractivity contribution in [1.82, 2.24) is 5.43 Å². The second kappa shape index (κ2) is 11.4. The molecule has 0 aliphatic heterocycles. The molecule has 5 nitrogen and oxygen atoms in total. The van der Waals surface area contributed by atoms with Crippen LogP contribution in [0.15, 0.2) is 80.8 Å². The molecule has 0 saturated carbocycles. The van der Waals surface area contributed by atoms with Crippen molar-refractivity contribution in [3.63, 3.8) is 0 Å². The molecule has 0 unspecified atom stereocenters. The van der Waals surface area contributed by atoms with Gasteiger partial charge < -0.3 is 9.47 Å². The lowest BCUT2D eigenvalue weighted by Gasteiger charge is -2.12. The molecular weight excluding hydrogens is 619 g/mol. The molecule has 0 aliphatic carbocycles. The van der Waals surface area contributed by atoms with Gasteiger partial charge in [-0.1, -0.05) is 53.5 Å². The highest BCUT2D eigenvalue weighted by molar-refractivity contribution is 9.11. The minimum absolute atomic E-state index is 0.268. The van der Waals surface area contributed by atoms with Crippen LogP contribution in [0, 0.1) is 0 Å². The smallest absolute Gasteiger partial charge is 0.275 e. The fraction of sp³-hybridized carbons (Fsp3) is 0.0769. The van der Waals surface area contributed by atoms with Gasteiger partial charge in [0.05, 0.1) is 27.8 Å². The minimum Gasteiger partial charge on any atom is -0.496 e. The summed E-state index contributed by atoms with van der Waals surface area (Å²) in [6, 6.07) is 20.3. The van der Waals surface area contributed by atoms with E-state index >= 15 is 0 Å². The summed E-state index contributed by atoms with van der Waals surface area (Å²) in [4.78, 5) is 12.8. The Kier molecular flexibility index (Phi) is 8.34. The van der Waals surface area contributed by atoms with E-state index in [9.17, 15) is 4.79 Å². The molecule has 4 aromatic rings. The third-order valence-electron chi connectivity index (χ3n) is 5.10. The second-order valence-corrected chi connectivity index (χ2v) is 9.99. The van der Waals surface area contributed by atoms with E-state index in [-0.39, 0.29) is 12.5 Å². The average molecular weight is 637 g/mol. The first kappa shape index (κ1) is 25.5. The zero-order valence-electron chi connectivity index (χ0n) is 18.3. The number of halogens is 4. The zero-order chi connectivity index (χ0) is 24.9. The van der Waals surface area contributed by atoms with Crippen LogP contribution in [0.2, 0.25) is 10.0 Å². The highest BCUT2D eigenvalue weighted by Crippen LogP contribution is 2.35. The van der Waals surface area contributed by atoms with Crippen molar-refractivity contribution in [2.45, 2.75) is 6.61 Å². The summed E-state index contributed by atoms with van der Waals surface area (Å²) in [5.41, 5.74) is 4.51. The Labute approximate surface area is 229 Å². The van der Waals surface area contributed by atoms with Crippen LogP contribution in [-0.4, -0.2) is 19.2 Å². The van der Waals surface area contributed by atoms with E-state index < -0.39 is 0 Å². The lowest BCUT2D eigenvalue weighted by molar-refractivity contribution is 0.0952. The molecule has 0 saturated heterocycles. The second-order valence-electron chi connectivity index (χ2n) is 7.44. The summed E-state index contributed by atoms with van der Waals surface area (Å²) < 4.78 is 12.8. The van der Waals surface area contributed by atoms with E-state index in [0.29, 0.717) is 36.1 Å². The summed E-state index contributed by atoms with van der Waals surface area (Å²) in [6.45, 7) is 0.268. The van der Waals surface area contributed by atoms with Crippen molar-refractivity contribution in [2.75, 3.05) is 7.11 Å². The number of nitrogens with one attached hydrogen (secondary N) is 1. The lowest BCUT2D eigenvalue weighted by Crippen LogP contribution is -2.18. The van der Waals surface area contributed by atoms with E-state index in [4.69, 9.17) is 32.7 Å². The van der Waals surface area contributed by atoms with Crippen molar-refractivity contribution in [1.29, 1.82) is 0 Å². The highest BCUT2D eigenvalue weighted by atomic mass is 79.9. The first-order valence-electron chi connectivity index (χ1n) is 10.3. The topological polar surface area (TPSA) is 59.9 Å². The number of fused-ring (bicyclic) bond motifs is 1. The van der Waals surface area contributed by atoms with Crippen LogP contribution in [0.4, 0.5) is 0 Å². The standard InChI is InChI=1S/C26H18Br2Cl2N2O3/c1-34-24-11-17-5-3-2-4-16(17)10-20(24)26(33)32-31-13-15-8-21(27)25(22(28)9-15)35-14-18-6-7-19(29)12-23(18)30/h2-13H,14H2,1H3,(H,32,33)/b31-13-. The van der Waals surface area contributed by atoms with Gasteiger partial charge in [-0.3, -0.25) is 4.79 Å². The summed E-state index contributed by atoms with van der Waals surface area (Å²) in [5.74, 6) is 0.712. The molecule has 9 heteroatoms. The zero-order valence-corrected chi connectivity index (χ0v) is 23.0. The summed E-state index contributed by atoms with van der Waals surface area (Å²) in [5, 5.41) is 7.13. The van der Waals surface area contributed by atoms with Gasteiger partial charge in [0.15, 0.2) is 0 Å². The molecule has 4 rings (SSSR count). The van der Waals surface area contributed by atoms with Gasteiger partial charge in [-0.05, 0) is 84.6 Å². The summed E-state index contributed by atoms with van der Waals surface area (Å²) >= 11 is 19.2. The Balaban J connectivity index is 1.46. The Hall–Kier alpha value is -2.58. The van der Waals surface area contributed by atoms with E-state index in [1.54, 1.807) is 24.4 Å². The lowest BCUT2D eigenvalue weighted by atomic mass is 10.1. The molecule has 0 bridgehead atoms. The van der Waals surface area contributed by atoms with Crippen molar-refractivity contribution in [3.05, 3.63) is 102 Å². The van der Waals surface area contributed by atoms with E-state index in [0.717, 1.165) is 21.9 Å². The van der Waals surface area contributed by atoms with Gasteiger partial charge in [0, 0.05) is 15.6 Å². The number of methoxy groups -OCH3 is 1. The molecule has 0 aromatic heterocycles. The summed E-state index contributed by atoms with van der Waals surface area (Å²) in [6.07, 6.45) is 1.54. The third kappa shape index (κ3) is 6.16. The van der Waals surface area contributed by atoms with Gasteiger partial charge in [-0.15, -0.1) is 0 Å². The van der Waals surface area contributed by atoms with Crippen LogP contribution >= 0.6 is 55.1 Å².